The van der Waals surface area contributed by atoms with Gasteiger partial charge in [-0.3, -0.25) is 0 Å². The zero-order valence-electron chi connectivity index (χ0n) is 9.10. The van der Waals surface area contributed by atoms with Crippen LogP contribution in [0.25, 0.3) is 0 Å². The molecule has 3 rings (SSSR count). The van der Waals surface area contributed by atoms with Gasteiger partial charge in [0.25, 0.3) is 0 Å². The molecule has 0 aromatic carbocycles. The smallest absolute Gasteiger partial charge is 0.0388 e. The van der Waals surface area contributed by atoms with E-state index in [4.69, 9.17) is 0 Å². The minimum Gasteiger partial charge on any atom is -0.0622 e. The first-order chi connectivity index (χ1) is 6.36. The van der Waals surface area contributed by atoms with Crippen molar-refractivity contribution in [2.45, 2.75) is 64.7 Å². The largest absolute Gasteiger partial charge is 0.0622 e. The Labute approximate surface area is 83.1 Å². The highest BCUT2D eigenvalue weighted by atomic mass is 14.3. The van der Waals surface area contributed by atoms with E-state index in [1.165, 1.54) is 25.7 Å². The molecule has 0 radical (unpaired) electrons. The van der Waals surface area contributed by atoms with E-state index in [-0.39, 0.29) is 0 Å². The number of rotatable bonds is 0. The molecule has 1 atom stereocenters. The molecule has 1 unspecified atom stereocenters. The molecule has 0 N–H and O–H groups in total. The predicted molar refractivity (Wildman–Crippen MR) is 57.7 cm³/mol. The standard InChI is InChI=1S/C13H24/c1-11-5-3-2-4-6-12-7-9-13(11)10-8-12/h11-13H,2-10H2,1H3. The minimum absolute atomic E-state index is 1.03. The van der Waals surface area contributed by atoms with E-state index in [0.29, 0.717) is 0 Å². The Kier molecular flexibility index (Phi) is 3.29. The van der Waals surface area contributed by atoms with Crippen molar-refractivity contribution < 1.29 is 0 Å². The number of hydrogen-bond donors (Lipinski definition) is 0. The highest BCUT2D eigenvalue weighted by Crippen LogP contribution is 2.38. The second-order valence-electron chi connectivity index (χ2n) is 5.40. The molecule has 0 saturated heterocycles. The molecule has 76 valence electrons. The molecule has 0 aromatic heterocycles. The summed E-state index contributed by atoms with van der Waals surface area (Å²) in [5.74, 6) is 3.23. The van der Waals surface area contributed by atoms with E-state index in [0.717, 1.165) is 17.8 Å². The molecule has 3 saturated carbocycles. The molecular weight excluding hydrogens is 156 g/mol. The van der Waals surface area contributed by atoms with Crippen LogP contribution in [0.4, 0.5) is 0 Å². The zero-order valence-corrected chi connectivity index (χ0v) is 9.10. The molecule has 0 amide bonds. The van der Waals surface area contributed by atoms with Gasteiger partial charge in [0.1, 0.15) is 0 Å². The maximum atomic E-state index is 2.49. The third-order valence-corrected chi connectivity index (χ3v) is 4.47. The van der Waals surface area contributed by atoms with Crippen molar-refractivity contribution in [2.24, 2.45) is 17.8 Å². The first kappa shape index (κ1) is 9.55. The molecule has 3 aliphatic rings. The van der Waals surface area contributed by atoms with E-state index < -0.39 is 0 Å². The van der Waals surface area contributed by atoms with Crippen molar-refractivity contribution in [3.63, 3.8) is 0 Å². The quantitative estimate of drug-likeness (QED) is 0.518. The van der Waals surface area contributed by atoms with Crippen molar-refractivity contribution in [1.29, 1.82) is 0 Å². The Balaban J connectivity index is 1.92. The van der Waals surface area contributed by atoms with E-state index in [9.17, 15) is 0 Å². The summed E-state index contributed by atoms with van der Waals surface area (Å²) < 4.78 is 0. The van der Waals surface area contributed by atoms with E-state index >= 15 is 0 Å². The molecule has 13 heavy (non-hydrogen) atoms. The average Bonchev–Trinajstić information content (AvgIpc) is 2.19. The van der Waals surface area contributed by atoms with E-state index in [1.807, 2.05) is 0 Å². The molecule has 0 nitrogen and oxygen atoms in total. The van der Waals surface area contributed by atoms with Crippen LogP contribution >= 0.6 is 0 Å². The highest BCUT2D eigenvalue weighted by molar-refractivity contribution is 4.77. The normalized spacial score (nSPS) is 41.8. The fourth-order valence-corrected chi connectivity index (χ4v) is 3.36. The fourth-order valence-electron chi connectivity index (χ4n) is 3.36. The summed E-state index contributed by atoms with van der Waals surface area (Å²) in [6.07, 6.45) is 13.8. The van der Waals surface area contributed by atoms with Gasteiger partial charge in [-0.25, -0.2) is 0 Å². The van der Waals surface area contributed by atoms with Gasteiger partial charge in [-0.15, -0.1) is 0 Å². The van der Waals surface area contributed by atoms with Crippen molar-refractivity contribution in [1.82, 2.24) is 0 Å². The summed E-state index contributed by atoms with van der Waals surface area (Å²) in [6, 6.07) is 0. The lowest BCUT2D eigenvalue weighted by molar-refractivity contribution is 0.185. The minimum atomic E-state index is 1.03. The monoisotopic (exact) mass is 180 g/mol. The lowest BCUT2D eigenvalue weighted by Gasteiger charge is -2.33. The molecule has 3 fully saturated rings. The maximum absolute atomic E-state index is 2.49. The van der Waals surface area contributed by atoms with Gasteiger partial charge in [0, 0.05) is 0 Å². The molecular formula is C13H24. The van der Waals surface area contributed by atoms with Crippen molar-refractivity contribution in [3.8, 4) is 0 Å². The maximum Gasteiger partial charge on any atom is -0.0388 e. The van der Waals surface area contributed by atoms with Gasteiger partial charge in [-0.05, 0) is 30.6 Å². The third-order valence-electron chi connectivity index (χ3n) is 4.47. The van der Waals surface area contributed by atoms with Gasteiger partial charge in [-0.2, -0.15) is 0 Å². The molecule has 2 bridgehead atoms. The lowest BCUT2D eigenvalue weighted by Crippen LogP contribution is -2.21. The first-order valence-corrected chi connectivity index (χ1v) is 6.36. The van der Waals surface area contributed by atoms with Crippen LogP contribution in [0, 0.1) is 17.8 Å². The van der Waals surface area contributed by atoms with Crippen LogP contribution in [-0.4, -0.2) is 0 Å². The molecule has 0 heteroatoms. The summed E-state index contributed by atoms with van der Waals surface area (Å²) in [5, 5.41) is 0. The van der Waals surface area contributed by atoms with Crippen LogP contribution in [0.1, 0.15) is 64.7 Å². The lowest BCUT2D eigenvalue weighted by atomic mass is 9.72. The second-order valence-corrected chi connectivity index (χ2v) is 5.40. The Morgan fingerprint density at radius 2 is 1.38 bits per heavy atom. The SMILES string of the molecule is CC1CCCCCC2CCC1CC2. The second kappa shape index (κ2) is 4.48. The summed E-state index contributed by atoms with van der Waals surface area (Å²) in [6.45, 7) is 2.49. The Hall–Kier alpha value is 0. The summed E-state index contributed by atoms with van der Waals surface area (Å²) in [4.78, 5) is 0. The van der Waals surface area contributed by atoms with Gasteiger partial charge in [0.2, 0.25) is 0 Å². The van der Waals surface area contributed by atoms with Crippen LogP contribution in [0.5, 0.6) is 0 Å². The van der Waals surface area contributed by atoms with Gasteiger partial charge < -0.3 is 0 Å². The first-order valence-electron chi connectivity index (χ1n) is 6.36. The Bertz CT molecular complexity index is 142. The van der Waals surface area contributed by atoms with Crippen LogP contribution in [0.15, 0.2) is 0 Å². The van der Waals surface area contributed by atoms with Crippen LogP contribution in [0.3, 0.4) is 0 Å². The molecule has 0 aromatic rings. The van der Waals surface area contributed by atoms with Crippen LogP contribution in [0.2, 0.25) is 0 Å². The summed E-state index contributed by atoms with van der Waals surface area (Å²) in [5.41, 5.74) is 0. The van der Waals surface area contributed by atoms with Crippen molar-refractivity contribution in [3.05, 3.63) is 0 Å². The summed E-state index contributed by atoms with van der Waals surface area (Å²) >= 11 is 0. The molecule has 3 aliphatic carbocycles. The van der Waals surface area contributed by atoms with E-state index in [2.05, 4.69) is 6.92 Å². The van der Waals surface area contributed by atoms with Gasteiger partial charge in [0.05, 0.1) is 0 Å². The van der Waals surface area contributed by atoms with Crippen LogP contribution in [-0.2, 0) is 0 Å². The third kappa shape index (κ3) is 2.48. The van der Waals surface area contributed by atoms with Crippen molar-refractivity contribution >= 4 is 0 Å². The topological polar surface area (TPSA) is 0 Å². The molecule has 0 aliphatic heterocycles. The Morgan fingerprint density at radius 3 is 2.15 bits per heavy atom. The predicted octanol–water partition coefficient (Wildman–Crippen LogP) is 4.39. The average molecular weight is 180 g/mol. The molecule has 0 spiro atoms. The van der Waals surface area contributed by atoms with Gasteiger partial charge >= 0.3 is 0 Å². The number of hydrogen-bond acceptors (Lipinski definition) is 0. The highest BCUT2D eigenvalue weighted by Gasteiger charge is 2.25. The molecule has 0 heterocycles. The summed E-state index contributed by atoms with van der Waals surface area (Å²) in [7, 11) is 0. The zero-order chi connectivity index (χ0) is 9.10. The van der Waals surface area contributed by atoms with E-state index in [1.54, 1.807) is 32.1 Å². The van der Waals surface area contributed by atoms with Gasteiger partial charge in [-0.1, -0.05) is 51.9 Å². The number of fused-ring (bicyclic) bond motifs is 7. The van der Waals surface area contributed by atoms with Gasteiger partial charge in [0.15, 0.2) is 0 Å². The Morgan fingerprint density at radius 1 is 0.692 bits per heavy atom. The van der Waals surface area contributed by atoms with Crippen LogP contribution < -0.4 is 0 Å². The fraction of sp³-hybridized carbons (Fsp3) is 1.00. The van der Waals surface area contributed by atoms with Crippen molar-refractivity contribution in [2.75, 3.05) is 0 Å².